The summed E-state index contributed by atoms with van der Waals surface area (Å²) in [5.41, 5.74) is 9.61. The zero-order valence-corrected chi connectivity index (χ0v) is 25.8. The molecule has 220 valence electrons. The van der Waals surface area contributed by atoms with Crippen LogP contribution in [0.15, 0.2) is 128 Å². The lowest BCUT2D eigenvalue weighted by Gasteiger charge is -2.25. The Kier molecular flexibility index (Phi) is 9.38. The monoisotopic (exact) mass is 574 g/mol. The van der Waals surface area contributed by atoms with Crippen molar-refractivity contribution in [1.82, 2.24) is 4.57 Å². The molecule has 44 heavy (non-hydrogen) atoms. The molecule has 1 heterocycles. The highest BCUT2D eigenvalue weighted by atomic mass is 15.1. The Morgan fingerprint density at radius 3 is 1.66 bits per heavy atom. The molecule has 1 aromatic heterocycles. The van der Waals surface area contributed by atoms with E-state index >= 15 is 0 Å². The first-order valence-corrected chi connectivity index (χ1v) is 16.1. The summed E-state index contributed by atoms with van der Waals surface area (Å²) in [5, 5.41) is 2.62. The van der Waals surface area contributed by atoms with E-state index in [1.54, 1.807) is 0 Å². The Labute approximate surface area is 262 Å². The van der Waals surface area contributed by atoms with Crippen molar-refractivity contribution in [2.45, 2.75) is 52.0 Å². The Morgan fingerprint density at radius 2 is 1.05 bits per heavy atom. The van der Waals surface area contributed by atoms with Crippen molar-refractivity contribution >= 4 is 57.1 Å². The molecule has 0 saturated heterocycles. The molecule has 0 amide bonds. The first-order valence-electron chi connectivity index (χ1n) is 16.1. The molecule has 0 N–H and O–H groups in total. The molecule has 0 radical (unpaired) electrons. The normalized spacial score (nSPS) is 11.5. The number of anilines is 3. The van der Waals surface area contributed by atoms with Gasteiger partial charge >= 0.3 is 0 Å². The van der Waals surface area contributed by atoms with Crippen LogP contribution in [0.25, 0.3) is 40.0 Å². The van der Waals surface area contributed by atoms with Gasteiger partial charge in [-0.3, -0.25) is 0 Å². The van der Waals surface area contributed by atoms with Crippen LogP contribution in [0.2, 0.25) is 0 Å². The Balaban J connectivity index is 1.26. The van der Waals surface area contributed by atoms with Crippen molar-refractivity contribution in [3.8, 4) is 0 Å². The molecule has 0 aliphatic rings. The molecule has 0 bridgehead atoms. The number of rotatable bonds is 13. The summed E-state index contributed by atoms with van der Waals surface area (Å²) in [6, 6.07) is 43.5. The lowest BCUT2D eigenvalue weighted by Crippen LogP contribution is -2.09. The van der Waals surface area contributed by atoms with Crippen LogP contribution in [0.3, 0.4) is 0 Å². The number of hydrogen-bond acceptors (Lipinski definition) is 1. The van der Waals surface area contributed by atoms with E-state index in [0.717, 1.165) is 29.2 Å². The van der Waals surface area contributed by atoms with Gasteiger partial charge in [-0.1, -0.05) is 124 Å². The lowest BCUT2D eigenvalue weighted by atomic mass is 10.1. The van der Waals surface area contributed by atoms with E-state index in [2.05, 4.69) is 156 Å². The van der Waals surface area contributed by atoms with Crippen LogP contribution in [0, 0.1) is 0 Å². The van der Waals surface area contributed by atoms with E-state index in [0.29, 0.717) is 0 Å². The van der Waals surface area contributed by atoms with Crippen molar-refractivity contribution in [2.75, 3.05) is 4.90 Å². The quantitative estimate of drug-likeness (QED) is 0.0984. The second-order valence-corrected chi connectivity index (χ2v) is 11.6. The molecule has 0 saturated carbocycles. The minimum atomic E-state index is 1.06. The fourth-order valence-corrected chi connectivity index (χ4v) is 6.19. The topological polar surface area (TPSA) is 8.17 Å². The Hall–Kier alpha value is -4.82. The molecule has 2 heteroatoms. The van der Waals surface area contributed by atoms with Crippen molar-refractivity contribution in [3.05, 3.63) is 145 Å². The molecule has 0 aliphatic heterocycles. The standard InChI is InChI=1S/C42H42N2/c1-3-5-6-7-8-15-30-43-41-28-24-33(4-2)31-39(41)40-32-35(25-29-42(40)43)21-20-34-22-26-38(27-23-34)44(36-16-11-9-12-17-36)37-18-13-10-14-19-37/h4,9-14,16-29,31-32H,2-3,5-8,15,30H2,1H3/b21-20+. The smallest absolute Gasteiger partial charge is 0.0491 e. The van der Waals surface area contributed by atoms with Gasteiger partial charge in [0.25, 0.3) is 0 Å². The van der Waals surface area contributed by atoms with Gasteiger partial charge in [0, 0.05) is 45.4 Å². The van der Waals surface area contributed by atoms with Crippen LogP contribution in [-0.2, 0) is 6.54 Å². The van der Waals surface area contributed by atoms with E-state index in [-0.39, 0.29) is 0 Å². The molecule has 0 aliphatic carbocycles. The van der Waals surface area contributed by atoms with Gasteiger partial charge in [-0.2, -0.15) is 0 Å². The predicted molar refractivity (Wildman–Crippen MR) is 193 cm³/mol. The van der Waals surface area contributed by atoms with Crippen LogP contribution in [0.5, 0.6) is 0 Å². The van der Waals surface area contributed by atoms with Gasteiger partial charge in [0.05, 0.1) is 0 Å². The van der Waals surface area contributed by atoms with Gasteiger partial charge in [0.1, 0.15) is 0 Å². The van der Waals surface area contributed by atoms with Gasteiger partial charge in [-0.25, -0.2) is 0 Å². The van der Waals surface area contributed by atoms with Gasteiger partial charge < -0.3 is 9.47 Å². The van der Waals surface area contributed by atoms with Crippen LogP contribution >= 0.6 is 0 Å². The number of nitrogens with zero attached hydrogens (tertiary/aromatic N) is 2. The minimum absolute atomic E-state index is 1.06. The zero-order chi connectivity index (χ0) is 30.1. The highest BCUT2D eigenvalue weighted by molar-refractivity contribution is 6.09. The summed E-state index contributed by atoms with van der Waals surface area (Å²) in [6.07, 6.45) is 14.2. The molecule has 0 atom stereocenters. The first-order chi connectivity index (χ1) is 21.7. The fraction of sp³-hybridized carbons (Fsp3) is 0.190. The molecule has 0 fully saturated rings. The van der Waals surface area contributed by atoms with E-state index in [1.165, 1.54) is 71.5 Å². The summed E-state index contributed by atoms with van der Waals surface area (Å²) in [4.78, 5) is 2.29. The molecule has 6 aromatic rings. The Morgan fingerprint density at radius 1 is 0.545 bits per heavy atom. The summed E-state index contributed by atoms with van der Waals surface area (Å²) in [5.74, 6) is 0. The molecular weight excluding hydrogens is 532 g/mol. The number of hydrogen-bond donors (Lipinski definition) is 0. The molecule has 6 rings (SSSR count). The minimum Gasteiger partial charge on any atom is -0.340 e. The number of fused-ring (bicyclic) bond motifs is 3. The third kappa shape index (κ3) is 6.55. The van der Waals surface area contributed by atoms with Crippen molar-refractivity contribution in [2.24, 2.45) is 0 Å². The molecule has 2 nitrogen and oxygen atoms in total. The number of aromatic nitrogens is 1. The van der Waals surface area contributed by atoms with Crippen LogP contribution in [0.1, 0.15) is 62.1 Å². The number of para-hydroxylation sites is 2. The van der Waals surface area contributed by atoms with Crippen LogP contribution in [0.4, 0.5) is 17.1 Å². The van der Waals surface area contributed by atoms with E-state index in [9.17, 15) is 0 Å². The number of benzene rings is 5. The van der Waals surface area contributed by atoms with E-state index in [1.807, 2.05) is 6.08 Å². The third-order valence-corrected chi connectivity index (χ3v) is 8.53. The average molecular weight is 575 g/mol. The Bertz CT molecular complexity index is 1800. The van der Waals surface area contributed by atoms with Gasteiger partial charge in [-0.05, 0) is 83.8 Å². The average Bonchev–Trinajstić information content (AvgIpc) is 3.39. The number of unbranched alkanes of at least 4 members (excludes halogenated alkanes) is 5. The summed E-state index contributed by atoms with van der Waals surface area (Å²) >= 11 is 0. The maximum absolute atomic E-state index is 4.02. The second kappa shape index (κ2) is 14.1. The van der Waals surface area contributed by atoms with E-state index < -0.39 is 0 Å². The highest BCUT2D eigenvalue weighted by Crippen LogP contribution is 2.35. The van der Waals surface area contributed by atoms with Crippen molar-refractivity contribution in [3.63, 3.8) is 0 Å². The summed E-state index contributed by atoms with van der Waals surface area (Å²) < 4.78 is 2.52. The molecular formula is C42H42N2. The summed E-state index contributed by atoms with van der Waals surface area (Å²) in [6.45, 7) is 7.36. The third-order valence-electron chi connectivity index (χ3n) is 8.53. The van der Waals surface area contributed by atoms with Gasteiger partial charge in [0.15, 0.2) is 0 Å². The lowest BCUT2D eigenvalue weighted by molar-refractivity contribution is 0.571. The maximum Gasteiger partial charge on any atom is 0.0491 e. The van der Waals surface area contributed by atoms with Gasteiger partial charge in [-0.15, -0.1) is 0 Å². The maximum atomic E-state index is 4.02. The number of aryl methyl sites for hydroxylation is 1. The van der Waals surface area contributed by atoms with Crippen molar-refractivity contribution < 1.29 is 0 Å². The van der Waals surface area contributed by atoms with Crippen molar-refractivity contribution in [1.29, 1.82) is 0 Å². The second-order valence-electron chi connectivity index (χ2n) is 11.6. The molecule has 0 spiro atoms. The van der Waals surface area contributed by atoms with E-state index in [4.69, 9.17) is 0 Å². The fourth-order valence-electron chi connectivity index (χ4n) is 6.19. The van der Waals surface area contributed by atoms with Crippen LogP contribution in [-0.4, -0.2) is 4.57 Å². The molecule has 5 aromatic carbocycles. The van der Waals surface area contributed by atoms with Gasteiger partial charge in [0.2, 0.25) is 0 Å². The van der Waals surface area contributed by atoms with Crippen LogP contribution < -0.4 is 4.90 Å². The first kappa shape index (κ1) is 29.3. The predicted octanol–water partition coefficient (Wildman–Crippen LogP) is 12.4. The summed E-state index contributed by atoms with van der Waals surface area (Å²) in [7, 11) is 0. The molecule has 0 unspecified atom stereocenters. The largest absolute Gasteiger partial charge is 0.340 e. The highest BCUT2D eigenvalue weighted by Gasteiger charge is 2.13. The zero-order valence-electron chi connectivity index (χ0n) is 25.8. The SMILES string of the molecule is C=Cc1ccc2c(c1)c1cc(/C=C/c3ccc(N(c4ccccc4)c4ccccc4)cc3)ccc1n2CCCCCCCC.